The average molecular weight is 450 g/mol. The quantitative estimate of drug-likeness (QED) is 0.604. The van der Waals surface area contributed by atoms with Gasteiger partial charge in [-0.05, 0) is 41.4 Å². The normalized spacial score (nSPS) is 18.3. The zero-order valence-electron chi connectivity index (χ0n) is 16.0. The molecule has 12 heteroatoms. The largest absolute Gasteiger partial charge is 0.444 e. The van der Waals surface area contributed by atoms with Gasteiger partial charge in [-0.1, -0.05) is 6.07 Å². The van der Waals surface area contributed by atoms with Gasteiger partial charge in [-0.25, -0.2) is 26.6 Å². The lowest BCUT2D eigenvalue weighted by atomic mass is 10.0. The van der Waals surface area contributed by atoms with Crippen LogP contribution in [0.25, 0.3) is 11.0 Å². The summed E-state index contributed by atoms with van der Waals surface area (Å²) in [7, 11) is -3.87. The van der Waals surface area contributed by atoms with Gasteiger partial charge in [0.2, 0.25) is 10.0 Å². The Hall–Kier alpha value is -3.12. The SMILES string of the molecule is O=C1OCc2cc(F)c(F)cc2N1C1CCN(S(=O)(=O)c2cccc3nonc23)CC1. The monoisotopic (exact) mass is 450 g/mol. The van der Waals surface area contributed by atoms with Crippen LogP contribution in [-0.4, -0.2) is 48.3 Å². The third-order valence-corrected chi connectivity index (χ3v) is 7.51. The van der Waals surface area contributed by atoms with Gasteiger partial charge in [-0.15, -0.1) is 0 Å². The Kier molecular flexibility index (Phi) is 4.63. The summed E-state index contributed by atoms with van der Waals surface area (Å²) in [4.78, 5) is 13.7. The number of nitrogens with zero attached hydrogens (tertiary/aromatic N) is 4. The molecule has 162 valence electrons. The van der Waals surface area contributed by atoms with Crippen LogP contribution in [0.3, 0.4) is 0 Å². The summed E-state index contributed by atoms with van der Waals surface area (Å²) in [5, 5.41) is 7.36. The third kappa shape index (κ3) is 3.22. The van der Waals surface area contributed by atoms with E-state index in [1.807, 2.05) is 0 Å². The number of carbonyl (C=O) groups excluding carboxylic acids is 1. The molecule has 1 saturated heterocycles. The van der Waals surface area contributed by atoms with Crippen molar-refractivity contribution in [3.8, 4) is 0 Å². The topological polar surface area (TPSA) is 106 Å². The van der Waals surface area contributed by atoms with Crippen molar-refractivity contribution in [2.24, 2.45) is 0 Å². The van der Waals surface area contributed by atoms with Gasteiger partial charge in [0.15, 0.2) is 17.2 Å². The van der Waals surface area contributed by atoms with Gasteiger partial charge in [0.05, 0.1) is 5.69 Å². The van der Waals surface area contributed by atoms with Crippen LogP contribution in [-0.2, 0) is 21.4 Å². The highest BCUT2D eigenvalue weighted by Gasteiger charge is 2.38. The maximum absolute atomic E-state index is 13.8. The fraction of sp³-hybridized carbons (Fsp3) is 0.316. The summed E-state index contributed by atoms with van der Waals surface area (Å²) in [6.45, 7) is 0.0970. The number of sulfonamides is 1. The highest BCUT2D eigenvalue weighted by Crippen LogP contribution is 2.34. The fourth-order valence-corrected chi connectivity index (χ4v) is 5.65. The van der Waals surface area contributed by atoms with E-state index >= 15 is 0 Å². The Morgan fingerprint density at radius 1 is 1.06 bits per heavy atom. The molecule has 0 bridgehead atoms. The van der Waals surface area contributed by atoms with E-state index in [2.05, 4.69) is 14.9 Å². The van der Waals surface area contributed by atoms with Crippen molar-refractivity contribution in [2.75, 3.05) is 18.0 Å². The maximum Gasteiger partial charge on any atom is 0.414 e. The van der Waals surface area contributed by atoms with Gasteiger partial charge in [0, 0.05) is 30.8 Å². The molecule has 1 amide bonds. The molecule has 0 atom stereocenters. The predicted molar refractivity (Wildman–Crippen MR) is 103 cm³/mol. The van der Waals surface area contributed by atoms with Crippen LogP contribution in [0.1, 0.15) is 18.4 Å². The summed E-state index contributed by atoms with van der Waals surface area (Å²) in [5.41, 5.74) is 1.09. The molecular weight excluding hydrogens is 434 g/mol. The van der Waals surface area contributed by atoms with Crippen LogP contribution in [0.5, 0.6) is 0 Å². The van der Waals surface area contributed by atoms with Crippen LogP contribution in [0.15, 0.2) is 39.9 Å². The molecule has 1 aromatic heterocycles. The number of fused-ring (bicyclic) bond motifs is 2. The molecule has 0 spiro atoms. The number of halogens is 2. The second-order valence-corrected chi connectivity index (χ2v) is 9.25. The molecular formula is C19H16F2N4O5S. The zero-order chi connectivity index (χ0) is 21.8. The molecule has 1 fully saturated rings. The van der Waals surface area contributed by atoms with Crippen LogP contribution in [0, 0.1) is 11.6 Å². The van der Waals surface area contributed by atoms with Gasteiger partial charge in [-0.2, -0.15) is 4.31 Å². The van der Waals surface area contributed by atoms with Crippen molar-refractivity contribution in [2.45, 2.75) is 30.4 Å². The molecule has 3 heterocycles. The van der Waals surface area contributed by atoms with Gasteiger partial charge in [0.25, 0.3) is 0 Å². The fourth-order valence-electron chi connectivity index (χ4n) is 4.04. The summed E-state index contributed by atoms with van der Waals surface area (Å²) in [6, 6.07) is 6.15. The standard InChI is InChI=1S/C19H16F2N4O5S/c20-13-8-11-10-29-19(26)25(16(11)9-14(13)21)12-4-6-24(7-5-12)31(27,28)17-3-1-2-15-18(17)23-30-22-15/h1-3,8-9,12H,4-7,10H2. The van der Waals surface area contributed by atoms with Crippen molar-refractivity contribution < 1.29 is 31.4 Å². The Labute approximate surface area is 175 Å². The first kappa shape index (κ1) is 19.8. The number of amides is 1. The summed E-state index contributed by atoms with van der Waals surface area (Å²) in [5.74, 6) is -2.08. The highest BCUT2D eigenvalue weighted by molar-refractivity contribution is 7.89. The first-order chi connectivity index (χ1) is 14.9. The molecule has 0 N–H and O–H groups in total. The third-order valence-electron chi connectivity index (χ3n) is 5.58. The van der Waals surface area contributed by atoms with Crippen LogP contribution >= 0.6 is 0 Å². The number of ether oxygens (including phenoxy) is 1. The van der Waals surface area contributed by atoms with Crippen LogP contribution in [0.4, 0.5) is 19.3 Å². The average Bonchev–Trinajstić information content (AvgIpc) is 3.24. The lowest BCUT2D eigenvalue weighted by Crippen LogP contribution is -2.50. The van der Waals surface area contributed by atoms with Crippen molar-refractivity contribution in [3.05, 3.63) is 47.5 Å². The molecule has 2 aromatic carbocycles. The van der Waals surface area contributed by atoms with Crippen molar-refractivity contribution >= 4 is 32.8 Å². The molecule has 3 aromatic rings. The van der Waals surface area contributed by atoms with E-state index in [4.69, 9.17) is 4.74 Å². The first-order valence-corrected chi connectivity index (χ1v) is 11.0. The molecule has 2 aliphatic rings. The number of hydrogen-bond acceptors (Lipinski definition) is 7. The van der Waals surface area contributed by atoms with Gasteiger partial charge in [0.1, 0.15) is 17.0 Å². The summed E-state index contributed by atoms with van der Waals surface area (Å²) >= 11 is 0. The minimum atomic E-state index is -3.87. The van der Waals surface area contributed by atoms with Crippen molar-refractivity contribution in [1.29, 1.82) is 0 Å². The van der Waals surface area contributed by atoms with Crippen molar-refractivity contribution in [3.63, 3.8) is 0 Å². The van der Waals surface area contributed by atoms with Crippen molar-refractivity contribution in [1.82, 2.24) is 14.6 Å². The highest BCUT2D eigenvalue weighted by atomic mass is 32.2. The van der Waals surface area contributed by atoms with E-state index in [9.17, 15) is 22.0 Å². The van der Waals surface area contributed by atoms with Crippen LogP contribution < -0.4 is 4.90 Å². The number of piperidine rings is 1. The van der Waals surface area contributed by atoms with Gasteiger partial charge in [-0.3, -0.25) is 4.90 Å². The number of hydrogen-bond donors (Lipinski definition) is 0. The Morgan fingerprint density at radius 3 is 2.58 bits per heavy atom. The molecule has 0 saturated carbocycles. The maximum atomic E-state index is 13.8. The minimum absolute atomic E-state index is 0.00928. The molecule has 31 heavy (non-hydrogen) atoms. The van der Waals surface area contributed by atoms with Gasteiger partial charge < -0.3 is 4.74 Å². The molecule has 0 aliphatic carbocycles. The number of anilines is 1. The van der Waals surface area contributed by atoms with E-state index in [1.54, 1.807) is 12.1 Å². The second-order valence-electron chi connectivity index (χ2n) is 7.34. The lowest BCUT2D eigenvalue weighted by Gasteiger charge is -2.39. The predicted octanol–water partition coefficient (Wildman–Crippen LogP) is 2.81. The second kappa shape index (κ2) is 7.24. The minimum Gasteiger partial charge on any atom is -0.444 e. The summed E-state index contributed by atoms with van der Waals surface area (Å²) in [6.07, 6.45) is -0.0853. The molecule has 0 radical (unpaired) electrons. The van der Waals surface area contributed by atoms with E-state index in [-0.39, 0.29) is 35.8 Å². The lowest BCUT2D eigenvalue weighted by molar-refractivity contribution is 0.135. The van der Waals surface area contributed by atoms with Gasteiger partial charge >= 0.3 is 6.09 Å². The molecule has 5 rings (SSSR count). The Bertz CT molecular complexity index is 1290. The van der Waals surface area contributed by atoms with Crippen LogP contribution in [0.2, 0.25) is 0 Å². The number of cyclic esters (lactones) is 1. The summed E-state index contributed by atoms with van der Waals surface area (Å²) < 4.78 is 64.8. The number of rotatable bonds is 3. The first-order valence-electron chi connectivity index (χ1n) is 9.51. The van der Waals surface area contributed by atoms with E-state index in [1.165, 1.54) is 15.3 Å². The number of carbonyl (C=O) groups is 1. The number of benzene rings is 2. The van der Waals surface area contributed by atoms with E-state index in [0.29, 0.717) is 23.9 Å². The van der Waals surface area contributed by atoms with E-state index in [0.717, 1.165) is 12.1 Å². The molecule has 9 nitrogen and oxygen atoms in total. The molecule has 0 unspecified atom stereocenters. The number of aromatic nitrogens is 2. The Morgan fingerprint density at radius 2 is 1.81 bits per heavy atom. The smallest absolute Gasteiger partial charge is 0.414 e. The zero-order valence-corrected chi connectivity index (χ0v) is 16.8. The van der Waals surface area contributed by atoms with E-state index < -0.39 is 33.8 Å². The molecule has 2 aliphatic heterocycles. The Balaban J connectivity index is 1.39.